The molecule has 0 aliphatic carbocycles. The molecule has 1 aromatic rings. The van der Waals surface area contributed by atoms with Crippen LogP contribution in [-0.2, 0) is 15.9 Å². The van der Waals surface area contributed by atoms with E-state index in [1.165, 1.54) is 12.1 Å². The summed E-state index contributed by atoms with van der Waals surface area (Å²) in [5.41, 5.74) is -13.7. The van der Waals surface area contributed by atoms with Crippen LogP contribution in [0.3, 0.4) is 0 Å². The van der Waals surface area contributed by atoms with Crippen molar-refractivity contribution in [1.29, 1.82) is 0 Å². The molecule has 0 aromatic heterocycles. The summed E-state index contributed by atoms with van der Waals surface area (Å²) in [6, 6.07) is 3.97. The van der Waals surface area contributed by atoms with Gasteiger partial charge in [0.05, 0.1) is 13.2 Å². The first-order valence-corrected chi connectivity index (χ1v) is 13.5. The van der Waals surface area contributed by atoms with Crippen molar-refractivity contribution in [1.82, 2.24) is 0 Å². The van der Waals surface area contributed by atoms with Crippen LogP contribution >= 0.6 is 0 Å². The van der Waals surface area contributed by atoms with E-state index in [-0.39, 0.29) is 0 Å². The Morgan fingerprint density at radius 2 is 0.787 bits per heavy atom. The largest absolute Gasteiger partial charge is 0.486 e. The summed E-state index contributed by atoms with van der Waals surface area (Å²) in [7, 11) is 0. The molecule has 0 unspecified atom stereocenters. The van der Waals surface area contributed by atoms with Gasteiger partial charge in [-0.05, 0) is 30.5 Å². The van der Waals surface area contributed by atoms with Crippen LogP contribution < -0.4 is 4.74 Å². The van der Waals surface area contributed by atoms with E-state index in [0.717, 1.165) is 50.7 Å². The second-order valence-corrected chi connectivity index (χ2v) is 10.2. The third kappa shape index (κ3) is 10.1. The summed E-state index contributed by atoms with van der Waals surface area (Å²) < 4.78 is 249. The van der Waals surface area contributed by atoms with E-state index >= 15 is 0 Å². The molecule has 0 bridgehead atoms. The molecule has 276 valence electrons. The summed E-state index contributed by atoms with van der Waals surface area (Å²) in [5.74, 6) is -0.807. The zero-order valence-corrected chi connectivity index (χ0v) is 24.0. The van der Waals surface area contributed by atoms with E-state index in [9.17, 15) is 79.0 Å². The van der Waals surface area contributed by atoms with Crippen molar-refractivity contribution >= 4 is 0 Å². The Balaban J connectivity index is 3.44. The molecule has 47 heavy (non-hydrogen) atoms. The molecule has 0 fully saturated rings. The van der Waals surface area contributed by atoms with E-state index in [1.54, 1.807) is 0 Å². The van der Waals surface area contributed by atoms with Gasteiger partial charge in [0.25, 0.3) is 0 Å². The normalized spacial score (nSPS) is 14.6. The second-order valence-electron chi connectivity index (χ2n) is 10.2. The molecule has 21 heteroatoms. The van der Waals surface area contributed by atoms with Crippen LogP contribution in [0.5, 0.6) is 5.75 Å². The van der Waals surface area contributed by atoms with Gasteiger partial charge in [-0.2, -0.15) is 79.0 Å². The first kappa shape index (κ1) is 42.7. The minimum Gasteiger partial charge on any atom is -0.486 e. The highest BCUT2D eigenvalue weighted by molar-refractivity contribution is 5.27. The molecule has 0 radical (unpaired) electrons. The molecular weight excluding hydrogens is 702 g/mol. The predicted molar refractivity (Wildman–Crippen MR) is 126 cm³/mol. The van der Waals surface area contributed by atoms with Crippen molar-refractivity contribution in [3.05, 3.63) is 29.8 Å². The monoisotopic (exact) mass is 730 g/mol. The Bertz CT molecular complexity index is 940. The number of hydrogen-bond acceptors (Lipinski definition) is 3. The summed E-state index contributed by atoms with van der Waals surface area (Å²) in [4.78, 5) is 0. The number of halogens is 18. The SMILES string of the molecule is CCCCCCCCCc1ccc(OC(COC(C(F)(F)F)(C(F)(F)F)C(F)(F)F)COC(C(F)(F)F)(C(F)(F)F)C(F)(F)F)cc1. The molecule has 0 aliphatic rings. The number of benzene rings is 1. The zero-order chi connectivity index (χ0) is 36.8. The van der Waals surface area contributed by atoms with Gasteiger partial charge in [0.1, 0.15) is 11.9 Å². The summed E-state index contributed by atoms with van der Waals surface area (Å²) in [6.07, 6.45) is -41.1. The average Bonchev–Trinajstić information content (AvgIpc) is 2.84. The lowest BCUT2D eigenvalue weighted by molar-refractivity contribution is -0.464. The molecule has 3 nitrogen and oxygen atoms in total. The van der Waals surface area contributed by atoms with Gasteiger partial charge in [0.2, 0.25) is 0 Å². The van der Waals surface area contributed by atoms with Gasteiger partial charge in [0, 0.05) is 0 Å². The van der Waals surface area contributed by atoms with Crippen LogP contribution in [0.1, 0.15) is 57.4 Å². The third-order valence-electron chi connectivity index (χ3n) is 6.66. The van der Waals surface area contributed by atoms with Gasteiger partial charge in [-0.1, -0.05) is 57.6 Å². The number of aryl methyl sites for hydroxylation is 1. The molecule has 0 spiro atoms. The maximum atomic E-state index is 13.3. The van der Waals surface area contributed by atoms with Crippen molar-refractivity contribution < 1.29 is 93.2 Å². The summed E-state index contributed by atoms with van der Waals surface area (Å²) >= 11 is 0. The van der Waals surface area contributed by atoms with Crippen molar-refractivity contribution in [3.8, 4) is 5.75 Å². The molecule has 0 heterocycles. The quantitative estimate of drug-likeness (QED) is 0.125. The Labute approximate surface area is 255 Å². The van der Waals surface area contributed by atoms with Gasteiger partial charge in [-0.3, -0.25) is 0 Å². The molecular formula is C26H28F18O3. The molecule has 0 atom stereocenters. The molecule has 1 rings (SSSR count). The van der Waals surface area contributed by atoms with Gasteiger partial charge in [-0.15, -0.1) is 0 Å². The van der Waals surface area contributed by atoms with E-state index < -0.39 is 73.3 Å². The van der Waals surface area contributed by atoms with E-state index in [1.807, 2.05) is 6.92 Å². The third-order valence-corrected chi connectivity index (χ3v) is 6.66. The number of alkyl halides is 18. The Morgan fingerprint density at radius 1 is 0.468 bits per heavy atom. The average molecular weight is 730 g/mol. The molecule has 0 amide bonds. The number of rotatable bonds is 16. The highest BCUT2D eigenvalue weighted by Gasteiger charge is 2.87. The lowest BCUT2D eigenvalue weighted by Crippen LogP contribution is -2.69. The number of unbranched alkanes of at least 4 members (excludes halogenated alkanes) is 6. The minimum absolute atomic E-state index is 0.375. The van der Waals surface area contributed by atoms with Crippen molar-refractivity contribution in [3.63, 3.8) is 0 Å². The first-order valence-electron chi connectivity index (χ1n) is 13.5. The van der Waals surface area contributed by atoms with Crippen LogP contribution in [0.2, 0.25) is 0 Å². The number of hydrogen-bond donors (Lipinski definition) is 0. The molecule has 0 N–H and O–H groups in total. The maximum Gasteiger partial charge on any atom is 0.435 e. The fourth-order valence-electron chi connectivity index (χ4n) is 4.22. The van der Waals surface area contributed by atoms with Crippen LogP contribution in [-0.4, -0.2) is 67.6 Å². The lowest BCUT2D eigenvalue weighted by atomic mass is 10.0. The highest BCUT2D eigenvalue weighted by Crippen LogP contribution is 2.56. The van der Waals surface area contributed by atoms with Gasteiger partial charge < -0.3 is 14.2 Å². The van der Waals surface area contributed by atoms with Crippen LogP contribution in [0, 0.1) is 0 Å². The highest BCUT2D eigenvalue weighted by atomic mass is 19.4. The van der Waals surface area contributed by atoms with Crippen LogP contribution in [0.25, 0.3) is 0 Å². The Kier molecular flexibility index (Phi) is 14.1. The van der Waals surface area contributed by atoms with E-state index in [2.05, 4.69) is 14.2 Å². The summed E-state index contributed by atoms with van der Waals surface area (Å²) in [5, 5.41) is 0. The van der Waals surface area contributed by atoms with Gasteiger partial charge >= 0.3 is 48.3 Å². The fourth-order valence-corrected chi connectivity index (χ4v) is 4.22. The second kappa shape index (κ2) is 15.5. The zero-order valence-electron chi connectivity index (χ0n) is 24.0. The van der Waals surface area contributed by atoms with Crippen molar-refractivity contribution in [2.24, 2.45) is 0 Å². The molecule has 1 aromatic carbocycles. The maximum absolute atomic E-state index is 13.3. The fraction of sp³-hybridized carbons (Fsp3) is 0.769. The number of ether oxygens (including phenoxy) is 3. The van der Waals surface area contributed by atoms with Crippen LogP contribution in [0.15, 0.2) is 24.3 Å². The van der Waals surface area contributed by atoms with Crippen molar-refractivity contribution in [2.75, 3.05) is 13.2 Å². The topological polar surface area (TPSA) is 27.7 Å². The minimum atomic E-state index is -7.40. The molecule has 0 aliphatic heterocycles. The molecule has 0 saturated heterocycles. The Morgan fingerprint density at radius 3 is 1.11 bits per heavy atom. The van der Waals surface area contributed by atoms with Crippen molar-refractivity contribution in [2.45, 2.75) is 113 Å². The predicted octanol–water partition coefficient (Wildman–Crippen LogP) is 10.6. The van der Waals surface area contributed by atoms with E-state index in [4.69, 9.17) is 0 Å². The summed E-state index contributed by atoms with van der Waals surface area (Å²) in [6.45, 7) is -3.62. The van der Waals surface area contributed by atoms with Crippen LogP contribution in [0.4, 0.5) is 79.0 Å². The standard InChI is InChI=1S/C26H28F18O3/c1-2-3-4-5-6-7-8-9-16-10-12-17(13-11-16)47-18(14-45-19(21(27,28)29,22(30,31)32)23(33,34)35)15-46-20(24(36,37)38,25(39,40)41)26(42,43)44/h10-13,18H,2-9,14-15H2,1H3. The van der Waals surface area contributed by atoms with Gasteiger partial charge in [-0.25, -0.2) is 0 Å². The smallest absolute Gasteiger partial charge is 0.435 e. The lowest BCUT2D eigenvalue weighted by Gasteiger charge is -2.40. The van der Waals surface area contributed by atoms with E-state index in [0.29, 0.717) is 18.4 Å². The van der Waals surface area contributed by atoms with Gasteiger partial charge in [0.15, 0.2) is 0 Å². The molecule has 0 saturated carbocycles. The first-order chi connectivity index (χ1) is 21.1. The Hall–Kier alpha value is -2.32.